The lowest BCUT2D eigenvalue weighted by Gasteiger charge is -2.64. The molecule has 0 aromatic heterocycles. The summed E-state index contributed by atoms with van der Waals surface area (Å²) in [5.41, 5.74) is 0.540. The molecule has 8 rings (SSSR count). The predicted octanol–water partition coefficient (Wildman–Crippen LogP) is 5.76. The van der Waals surface area contributed by atoms with Crippen LogP contribution in [-0.4, -0.2) is 72.6 Å². The van der Waals surface area contributed by atoms with Crippen molar-refractivity contribution in [2.45, 2.75) is 142 Å². The molecule has 0 aromatic rings. The molecule has 2 aliphatic heterocycles. The zero-order valence-electron chi connectivity index (χ0n) is 27.9. The van der Waals surface area contributed by atoms with Crippen LogP contribution in [0.3, 0.4) is 0 Å². The summed E-state index contributed by atoms with van der Waals surface area (Å²) in [6, 6.07) is 0. The minimum absolute atomic E-state index is 0.0278. The number of aliphatic hydroxyl groups excluding tert-OH is 1. The first-order valence-electron chi connectivity index (χ1n) is 18.2. The van der Waals surface area contributed by atoms with E-state index in [1.165, 1.54) is 51.4 Å². The van der Waals surface area contributed by atoms with Crippen LogP contribution in [0.2, 0.25) is 0 Å². The summed E-state index contributed by atoms with van der Waals surface area (Å²) in [7, 11) is 0. The van der Waals surface area contributed by atoms with Crippen molar-refractivity contribution in [2.75, 3.05) is 19.7 Å². The number of hydrogen-bond donors (Lipinski definition) is 1. The maximum atomic E-state index is 12.9. The highest BCUT2D eigenvalue weighted by atomic mass is 16.7. The summed E-state index contributed by atoms with van der Waals surface area (Å²) in [4.78, 5) is 26.2. The molecule has 0 radical (unpaired) electrons. The smallest absolute Gasteiger partial charge is 0.223 e. The van der Waals surface area contributed by atoms with Crippen LogP contribution >= 0.6 is 0 Å². The van der Waals surface area contributed by atoms with Crippen molar-refractivity contribution < 1.29 is 28.9 Å². The summed E-state index contributed by atoms with van der Waals surface area (Å²) in [5.74, 6) is 2.78. The number of amides is 1. The number of carbonyl (C=O) groups is 2. The summed E-state index contributed by atoms with van der Waals surface area (Å²) >= 11 is 0. The Balaban J connectivity index is 1.01. The average Bonchev–Trinajstić information content (AvgIpc) is 3.90. The normalized spacial score (nSPS) is 53.9. The Hall–Kier alpha value is -1.02. The van der Waals surface area contributed by atoms with E-state index in [-0.39, 0.29) is 46.8 Å². The maximum Gasteiger partial charge on any atom is 0.223 e. The van der Waals surface area contributed by atoms with Gasteiger partial charge in [-0.3, -0.25) is 4.79 Å². The van der Waals surface area contributed by atoms with Crippen LogP contribution in [0.15, 0.2) is 0 Å². The maximum absolute atomic E-state index is 12.9. The van der Waals surface area contributed by atoms with Gasteiger partial charge in [0.1, 0.15) is 6.29 Å². The van der Waals surface area contributed by atoms with Gasteiger partial charge in [0.05, 0.1) is 37.6 Å². The first-order valence-corrected chi connectivity index (χ1v) is 18.2. The molecule has 13 atom stereocenters. The molecule has 8 aliphatic rings. The summed E-state index contributed by atoms with van der Waals surface area (Å²) < 4.78 is 19.6. The van der Waals surface area contributed by atoms with Crippen LogP contribution in [0.1, 0.15) is 112 Å². The van der Waals surface area contributed by atoms with E-state index >= 15 is 0 Å². The van der Waals surface area contributed by atoms with Crippen molar-refractivity contribution in [3.8, 4) is 0 Å². The second kappa shape index (κ2) is 10.00. The third-order valence-corrected chi connectivity index (χ3v) is 16.0. The van der Waals surface area contributed by atoms with E-state index in [1.807, 2.05) is 4.90 Å². The molecule has 1 N–H and O–H groups in total. The number of carbonyl (C=O) groups excluding carboxylic acids is 2. The Labute approximate surface area is 264 Å². The van der Waals surface area contributed by atoms with E-state index < -0.39 is 6.10 Å². The molecule has 246 valence electrons. The molecule has 6 aliphatic carbocycles. The van der Waals surface area contributed by atoms with Gasteiger partial charge < -0.3 is 29.0 Å². The molecule has 6 saturated carbocycles. The Morgan fingerprint density at radius 1 is 1.02 bits per heavy atom. The first-order chi connectivity index (χ1) is 20.9. The van der Waals surface area contributed by atoms with Gasteiger partial charge in [0.15, 0.2) is 6.29 Å². The van der Waals surface area contributed by atoms with Crippen molar-refractivity contribution in [1.29, 1.82) is 0 Å². The van der Waals surface area contributed by atoms with Gasteiger partial charge in [0.2, 0.25) is 5.91 Å². The van der Waals surface area contributed by atoms with Gasteiger partial charge in [-0.05, 0) is 115 Å². The van der Waals surface area contributed by atoms with Crippen LogP contribution in [0.4, 0.5) is 0 Å². The Kier molecular flexibility index (Phi) is 6.89. The molecule has 7 heteroatoms. The summed E-state index contributed by atoms with van der Waals surface area (Å²) in [6.07, 6.45) is 12.9. The monoisotopic (exact) mass is 611 g/mol. The van der Waals surface area contributed by atoms with Crippen molar-refractivity contribution in [1.82, 2.24) is 4.90 Å². The standard InChI is InChI=1S/C37H57NO6/c1-22-18-24(11-16-39)43-31-30(22)34(4)13-14-37-21-36(37)12-10-27(33(2,3)25(36)8-9-26(37)35(34,5)32(31)41)44-29-20-38(15-17-42-29)28(40)19-23-6-7-23/h16,22-27,29-32,41H,6-15,17-21H2,1-5H3/t22-,24?,25?,26?,27?,29+,30+,31?,32+,34?,35-,36?,37?/m1/s1. The van der Waals surface area contributed by atoms with Crippen molar-refractivity contribution in [3.63, 3.8) is 0 Å². The Bertz CT molecular complexity index is 1190. The zero-order valence-corrected chi connectivity index (χ0v) is 27.9. The van der Waals surface area contributed by atoms with E-state index in [0.717, 1.165) is 19.1 Å². The molecule has 0 bridgehead atoms. The molecular weight excluding hydrogens is 554 g/mol. The Morgan fingerprint density at radius 2 is 1.77 bits per heavy atom. The highest BCUT2D eigenvalue weighted by Gasteiger charge is 2.84. The predicted molar refractivity (Wildman–Crippen MR) is 165 cm³/mol. The van der Waals surface area contributed by atoms with Gasteiger partial charge in [0, 0.05) is 24.8 Å². The molecule has 2 spiro atoms. The SMILES string of the molecule is C[C@@H]1CC(CC=O)OC2[C@H]1C1(C)CCC34CC35CCC(O[C@H]3CN(C(=O)CC6CC6)CCO3)C(C)(C)C5CCC4[C@]1(C)[C@H]2O. The molecule has 8 unspecified atom stereocenters. The Morgan fingerprint density at radius 3 is 2.52 bits per heavy atom. The van der Waals surface area contributed by atoms with E-state index in [1.54, 1.807) is 0 Å². The quantitative estimate of drug-likeness (QED) is 0.385. The van der Waals surface area contributed by atoms with Crippen molar-refractivity contribution in [2.24, 2.45) is 56.7 Å². The number of aldehydes is 1. The fourth-order valence-corrected chi connectivity index (χ4v) is 13.7. The minimum atomic E-state index is -0.479. The van der Waals surface area contributed by atoms with Crippen LogP contribution in [-0.2, 0) is 23.8 Å². The molecule has 7 nitrogen and oxygen atoms in total. The number of rotatable bonds is 6. The minimum Gasteiger partial charge on any atom is -0.390 e. The van der Waals surface area contributed by atoms with E-state index in [9.17, 15) is 14.7 Å². The first kappa shape index (κ1) is 30.3. The van der Waals surface area contributed by atoms with Crippen molar-refractivity contribution >= 4 is 12.2 Å². The highest BCUT2D eigenvalue weighted by molar-refractivity contribution is 5.76. The van der Waals surface area contributed by atoms with Gasteiger partial charge in [0.25, 0.3) is 0 Å². The fourth-order valence-electron chi connectivity index (χ4n) is 13.7. The topological polar surface area (TPSA) is 85.3 Å². The second-order valence-electron chi connectivity index (χ2n) is 18.0. The fraction of sp³-hybridized carbons (Fsp3) is 0.946. The lowest BCUT2D eigenvalue weighted by atomic mass is 9.41. The largest absolute Gasteiger partial charge is 0.390 e. The van der Waals surface area contributed by atoms with Gasteiger partial charge >= 0.3 is 0 Å². The van der Waals surface area contributed by atoms with E-state index in [2.05, 4.69) is 34.6 Å². The van der Waals surface area contributed by atoms with Crippen LogP contribution in [0.5, 0.6) is 0 Å². The highest BCUT2D eigenvalue weighted by Crippen LogP contribution is 2.89. The number of hydrogen-bond acceptors (Lipinski definition) is 6. The van der Waals surface area contributed by atoms with Gasteiger partial charge in [-0.1, -0.05) is 34.6 Å². The van der Waals surface area contributed by atoms with Crippen LogP contribution in [0.25, 0.3) is 0 Å². The molecule has 2 heterocycles. The van der Waals surface area contributed by atoms with Gasteiger partial charge in [-0.2, -0.15) is 0 Å². The second-order valence-corrected chi connectivity index (χ2v) is 18.0. The van der Waals surface area contributed by atoms with E-state index in [0.29, 0.717) is 73.0 Å². The molecular formula is C37H57NO6. The number of fused-ring (bicyclic) bond motifs is 4. The van der Waals surface area contributed by atoms with Crippen LogP contribution < -0.4 is 0 Å². The molecule has 2 saturated heterocycles. The molecule has 44 heavy (non-hydrogen) atoms. The lowest BCUT2D eigenvalue weighted by molar-refractivity contribution is -0.248. The summed E-state index contributed by atoms with van der Waals surface area (Å²) in [6.45, 7) is 14.0. The lowest BCUT2D eigenvalue weighted by Crippen LogP contribution is -2.60. The number of ether oxygens (including phenoxy) is 3. The third kappa shape index (κ3) is 3.94. The van der Waals surface area contributed by atoms with E-state index in [4.69, 9.17) is 14.2 Å². The van der Waals surface area contributed by atoms with Crippen LogP contribution in [0, 0.1) is 56.7 Å². The third-order valence-electron chi connectivity index (χ3n) is 16.0. The zero-order chi connectivity index (χ0) is 30.9. The van der Waals surface area contributed by atoms with Gasteiger partial charge in [-0.15, -0.1) is 0 Å². The average molecular weight is 612 g/mol. The summed E-state index contributed by atoms with van der Waals surface area (Å²) in [5, 5.41) is 12.3. The molecule has 0 aromatic carbocycles. The molecule has 1 amide bonds. The number of nitrogens with zero attached hydrogens (tertiary/aromatic N) is 1. The van der Waals surface area contributed by atoms with Gasteiger partial charge in [-0.25, -0.2) is 0 Å². The molecule has 8 fully saturated rings. The number of aliphatic hydroxyl groups is 1. The number of morpholine rings is 1. The van der Waals surface area contributed by atoms with Crippen molar-refractivity contribution in [3.05, 3.63) is 0 Å².